The monoisotopic (exact) mass is 272 g/mol. The summed E-state index contributed by atoms with van der Waals surface area (Å²) in [7, 11) is 0. The lowest BCUT2D eigenvalue weighted by Crippen LogP contribution is -2.50. The number of aromatic nitrogens is 3. The first-order valence-corrected chi connectivity index (χ1v) is 7.04. The van der Waals surface area contributed by atoms with E-state index >= 15 is 0 Å². The second-order valence-corrected chi connectivity index (χ2v) is 5.58. The molecule has 6 nitrogen and oxygen atoms in total. The smallest absolute Gasteiger partial charge is 0.297 e. The van der Waals surface area contributed by atoms with Gasteiger partial charge in [0.2, 0.25) is 0 Å². The fourth-order valence-electron chi connectivity index (χ4n) is 3.03. The Kier molecular flexibility index (Phi) is 2.61. The van der Waals surface area contributed by atoms with E-state index in [9.17, 15) is 4.79 Å². The van der Waals surface area contributed by atoms with Crippen molar-refractivity contribution >= 4 is 6.01 Å². The van der Waals surface area contributed by atoms with Gasteiger partial charge in [0, 0.05) is 25.1 Å². The highest BCUT2D eigenvalue weighted by molar-refractivity contribution is 5.29. The fraction of sp³-hybridized carbons (Fsp3) is 0.500. The average molecular weight is 272 g/mol. The summed E-state index contributed by atoms with van der Waals surface area (Å²) in [5.74, 6) is 0.437. The van der Waals surface area contributed by atoms with Gasteiger partial charge in [-0.15, -0.1) is 0 Å². The number of rotatable bonds is 3. The van der Waals surface area contributed by atoms with Gasteiger partial charge in [0.15, 0.2) is 0 Å². The molecule has 2 aromatic heterocycles. The molecular formula is C14H16N4O2. The number of nitrogens with zero attached hydrogens (tertiary/aromatic N) is 4. The zero-order valence-electron chi connectivity index (χ0n) is 11.2. The molecule has 2 aromatic rings. The summed E-state index contributed by atoms with van der Waals surface area (Å²) < 4.78 is 6.88. The molecule has 0 bridgehead atoms. The molecule has 6 heteroatoms. The maximum absolute atomic E-state index is 12.0. The van der Waals surface area contributed by atoms with Crippen LogP contribution < -0.4 is 10.5 Å². The first-order valence-electron chi connectivity index (χ1n) is 7.04. The van der Waals surface area contributed by atoms with Crippen LogP contribution in [0.4, 0.5) is 6.01 Å². The SMILES string of the molecule is O=c1cc2c(nn1CC1CN(c3ncco3)C1)CCC2. The first kappa shape index (κ1) is 11.7. The summed E-state index contributed by atoms with van der Waals surface area (Å²) in [5.41, 5.74) is 2.27. The van der Waals surface area contributed by atoms with E-state index in [1.807, 2.05) is 0 Å². The van der Waals surface area contributed by atoms with E-state index in [0.29, 0.717) is 18.5 Å². The van der Waals surface area contributed by atoms with Crippen molar-refractivity contribution in [3.05, 3.63) is 40.1 Å². The van der Waals surface area contributed by atoms with Gasteiger partial charge in [0.25, 0.3) is 11.6 Å². The van der Waals surface area contributed by atoms with Crippen LogP contribution in [0, 0.1) is 5.92 Å². The van der Waals surface area contributed by atoms with E-state index in [1.54, 1.807) is 23.2 Å². The van der Waals surface area contributed by atoms with Crippen LogP contribution in [0.15, 0.2) is 27.7 Å². The largest absolute Gasteiger partial charge is 0.432 e. The topological polar surface area (TPSA) is 64.2 Å². The third kappa shape index (κ3) is 1.92. The summed E-state index contributed by atoms with van der Waals surface area (Å²) >= 11 is 0. The van der Waals surface area contributed by atoms with Crippen LogP contribution in [-0.2, 0) is 19.4 Å². The second-order valence-electron chi connectivity index (χ2n) is 5.58. The van der Waals surface area contributed by atoms with Crippen molar-refractivity contribution < 1.29 is 4.42 Å². The van der Waals surface area contributed by atoms with Crippen molar-refractivity contribution in [1.29, 1.82) is 0 Å². The van der Waals surface area contributed by atoms with Gasteiger partial charge < -0.3 is 9.32 Å². The van der Waals surface area contributed by atoms with Gasteiger partial charge in [-0.05, 0) is 24.8 Å². The lowest BCUT2D eigenvalue weighted by molar-refractivity contribution is 0.315. The molecule has 4 rings (SSSR count). The molecule has 20 heavy (non-hydrogen) atoms. The number of oxazole rings is 1. The molecule has 3 heterocycles. The molecule has 0 amide bonds. The molecule has 2 aliphatic rings. The lowest BCUT2D eigenvalue weighted by atomic mass is 10.0. The third-order valence-corrected chi connectivity index (χ3v) is 4.10. The summed E-state index contributed by atoms with van der Waals surface area (Å²) in [6.45, 7) is 2.42. The van der Waals surface area contributed by atoms with E-state index in [1.165, 1.54) is 0 Å². The van der Waals surface area contributed by atoms with E-state index in [-0.39, 0.29) is 5.56 Å². The van der Waals surface area contributed by atoms with Crippen LogP contribution in [0.2, 0.25) is 0 Å². The Hall–Kier alpha value is -2.11. The van der Waals surface area contributed by atoms with E-state index < -0.39 is 0 Å². The van der Waals surface area contributed by atoms with Gasteiger partial charge in [-0.2, -0.15) is 5.10 Å². The third-order valence-electron chi connectivity index (χ3n) is 4.10. The van der Waals surface area contributed by atoms with Crippen molar-refractivity contribution in [1.82, 2.24) is 14.8 Å². The van der Waals surface area contributed by atoms with E-state index in [0.717, 1.165) is 43.6 Å². The summed E-state index contributed by atoms with van der Waals surface area (Å²) in [6, 6.07) is 2.43. The minimum atomic E-state index is 0.0280. The van der Waals surface area contributed by atoms with Crippen molar-refractivity contribution in [3.63, 3.8) is 0 Å². The Morgan fingerprint density at radius 3 is 3.05 bits per heavy atom. The Morgan fingerprint density at radius 1 is 1.35 bits per heavy atom. The van der Waals surface area contributed by atoms with Gasteiger partial charge in [-0.3, -0.25) is 4.79 Å². The molecule has 1 aliphatic carbocycles. The standard InChI is InChI=1S/C14H16N4O2/c19-13-6-11-2-1-3-12(11)16-18(13)9-10-7-17(8-10)14-15-4-5-20-14/h4-6,10H,1-3,7-9H2. The molecule has 1 aliphatic heterocycles. The average Bonchev–Trinajstić information content (AvgIpc) is 3.03. The molecule has 0 radical (unpaired) electrons. The Bertz CT molecular complexity index is 671. The number of fused-ring (bicyclic) bond motifs is 1. The molecule has 0 saturated carbocycles. The molecular weight excluding hydrogens is 256 g/mol. The predicted molar refractivity (Wildman–Crippen MR) is 72.7 cm³/mol. The highest BCUT2D eigenvalue weighted by Gasteiger charge is 2.30. The van der Waals surface area contributed by atoms with Crippen molar-refractivity contribution in [2.45, 2.75) is 25.8 Å². The molecule has 0 unspecified atom stereocenters. The van der Waals surface area contributed by atoms with Crippen molar-refractivity contribution in [2.24, 2.45) is 5.92 Å². The number of aryl methyl sites for hydroxylation is 2. The fourth-order valence-corrected chi connectivity index (χ4v) is 3.03. The van der Waals surface area contributed by atoms with Crippen LogP contribution in [0.5, 0.6) is 0 Å². The van der Waals surface area contributed by atoms with Crippen molar-refractivity contribution in [3.8, 4) is 0 Å². The zero-order valence-corrected chi connectivity index (χ0v) is 11.2. The van der Waals surface area contributed by atoms with Crippen LogP contribution >= 0.6 is 0 Å². The van der Waals surface area contributed by atoms with Gasteiger partial charge in [-0.1, -0.05) is 0 Å². The molecule has 0 spiro atoms. The molecule has 104 valence electrons. The predicted octanol–water partition coefficient (Wildman–Crippen LogP) is 0.856. The Morgan fingerprint density at radius 2 is 2.25 bits per heavy atom. The molecule has 1 saturated heterocycles. The highest BCUT2D eigenvalue weighted by Crippen LogP contribution is 2.24. The Balaban J connectivity index is 1.45. The van der Waals surface area contributed by atoms with Crippen LogP contribution in [-0.4, -0.2) is 27.9 Å². The highest BCUT2D eigenvalue weighted by atomic mass is 16.4. The van der Waals surface area contributed by atoms with Crippen LogP contribution in [0.1, 0.15) is 17.7 Å². The number of anilines is 1. The molecule has 1 fully saturated rings. The van der Waals surface area contributed by atoms with Gasteiger partial charge in [0.1, 0.15) is 6.26 Å². The second kappa shape index (κ2) is 4.47. The van der Waals surface area contributed by atoms with Crippen LogP contribution in [0.25, 0.3) is 0 Å². The molecule has 0 atom stereocenters. The van der Waals surface area contributed by atoms with E-state index in [2.05, 4.69) is 15.0 Å². The van der Waals surface area contributed by atoms with Gasteiger partial charge >= 0.3 is 0 Å². The summed E-state index contributed by atoms with van der Waals surface area (Å²) in [4.78, 5) is 18.2. The normalized spacial score (nSPS) is 18.1. The number of hydrogen-bond donors (Lipinski definition) is 0. The van der Waals surface area contributed by atoms with Gasteiger partial charge in [0.05, 0.1) is 18.4 Å². The van der Waals surface area contributed by atoms with Gasteiger partial charge in [-0.25, -0.2) is 9.67 Å². The van der Waals surface area contributed by atoms with Crippen molar-refractivity contribution in [2.75, 3.05) is 18.0 Å². The zero-order chi connectivity index (χ0) is 13.5. The summed E-state index contributed by atoms with van der Waals surface area (Å²) in [6.07, 6.45) is 6.35. The maximum Gasteiger partial charge on any atom is 0.297 e. The number of hydrogen-bond acceptors (Lipinski definition) is 5. The maximum atomic E-state index is 12.0. The Labute approximate surface area is 116 Å². The quantitative estimate of drug-likeness (QED) is 0.829. The van der Waals surface area contributed by atoms with E-state index in [4.69, 9.17) is 4.42 Å². The van der Waals surface area contributed by atoms with Crippen LogP contribution in [0.3, 0.4) is 0 Å². The molecule has 0 N–H and O–H groups in total. The minimum absolute atomic E-state index is 0.0280. The first-order chi connectivity index (χ1) is 9.79. The molecule has 0 aromatic carbocycles. The lowest BCUT2D eigenvalue weighted by Gasteiger charge is -2.37. The minimum Gasteiger partial charge on any atom is -0.432 e. The summed E-state index contributed by atoms with van der Waals surface area (Å²) in [5, 5.41) is 4.51.